The third-order valence-electron chi connectivity index (χ3n) is 8.50. The van der Waals surface area contributed by atoms with Gasteiger partial charge in [0.15, 0.2) is 0 Å². The number of rotatable bonds is 9. The highest BCUT2D eigenvalue weighted by atomic mass is 15.1. The Morgan fingerprint density at radius 2 is 0.979 bits per heavy atom. The SMILES string of the molecule is Cc1ccc(C(=CC=Cc2ccc(N(C=C(c3ccccc3)c3ccccc3)c3cccc(C)c3)cc2C)c2ccc(C)cc2)cc1. The van der Waals surface area contributed by atoms with E-state index in [9.17, 15) is 0 Å². The van der Waals surface area contributed by atoms with Gasteiger partial charge in [-0.25, -0.2) is 0 Å². The van der Waals surface area contributed by atoms with E-state index in [4.69, 9.17) is 0 Å². The Morgan fingerprint density at radius 1 is 0.447 bits per heavy atom. The van der Waals surface area contributed by atoms with Crippen molar-refractivity contribution in [3.63, 3.8) is 0 Å². The number of nitrogens with zero attached hydrogens (tertiary/aromatic N) is 1. The van der Waals surface area contributed by atoms with Crippen molar-refractivity contribution in [2.45, 2.75) is 27.7 Å². The highest BCUT2D eigenvalue weighted by Gasteiger charge is 2.13. The first-order valence-electron chi connectivity index (χ1n) is 16.3. The van der Waals surface area contributed by atoms with Crippen molar-refractivity contribution >= 4 is 28.6 Å². The summed E-state index contributed by atoms with van der Waals surface area (Å²) in [5.41, 5.74) is 15.6. The van der Waals surface area contributed by atoms with E-state index in [0.29, 0.717) is 0 Å². The molecular formula is C46H41N. The lowest BCUT2D eigenvalue weighted by Gasteiger charge is -2.24. The lowest BCUT2D eigenvalue weighted by Crippen LogP contribution is -2.11. The minimum Gasteiger partial charge on any atom is -0.317 e. The normalized spacial score (nSPS) is 10.9. The standard InChI is InChI=1S/C46H41N/c1-34-21-25-41(26-22-34)45(42-27-23-35(2)24-28-42)20-12-18-38-29-30-44(32-37(38)4)47(43-19-11-13-36(3)31-43)33-46(39-14-7-5-8-15-39)40-16-9-6-10-17-40/h5-33H,1-4H3. The average Bonchev–Trinajstić information content (AvgIpc) is 3.10. The van der Waals surface area contributed by atoms with Gasteiger partial charge in [0, 0.05) is 23.1 Å². The molecule has 47 heavy (non-hydrogen) atoms. The summed E-state index contributed by atoms with van der Waals surface area (Å²) in [6.45, 7) is 8.60. The molecule has 0 aliphatic carbocycles. The van der Waals surface area contributed by atoms with Crippen LogP contribution in [0.4, 0.5) is 11.4 Å². The molecule has 0 aromatic heterocycles. The van der Waals surface area contributed by atoms with Gasteiger partial charge < -0.3 is 4.90 Å². The van der Waals surface area contributed by atoms with Gasteiger partial charge in [0.05, 0.1) is 0 Å². The number of anilines is 2. The Morgan fingerprint density at radius 3 is 1.51 bits per heavy atom. The summed E-state index contributed by atoms with van der Waals surface area (Å²) in [7, 11) is 0. The fourth-order valence-electron chi connectivity index (χ4n) is 5.83. The van der Waals surface area contributed by atoms with Crippen molar-refractivity contribution in [2.75, 3.05) is 4.90 Å². The molecule has 0 amide bonds. The molecule has 0 radical (unpaired) electrons. The average molecular weight is 608 g/mol. The molecule has 0 aliphatic rings. The van der Waals surface area contributed by atoms with E-state index in [-0.39, 0.29) is 0 Å². The largest absolute Gasteiger partial charge is 0.317 e. The molecule has 0 saturated heterocycles. The Hall–Kier alpha value is -5.66. The highest BCUT2D eigenvalue weighted by Crippen LogP contribution is 2.33. The summed E-state index contributed by atoms with van der Waals surface area (Å²) in [6.07, 6.45) is 8.91. The van der Waals surface area contributed by atoms with Gasteiger partial charge in [0.25, 0.3) is 0 Å². The zero-order valence-electron chi connectivity index (χ0n) is 27.7. The number of benzene rings is 6. The molecule has 6 rings (SSSR count). The Labute approximate surface area is 280 Å². The summed E-state index contributed by atoms with van der Waals surface area (Å²) < 4.78 is 0. The van der Waals surface area contributed by atoms with Crippen molar-refractivity contribution in [3.05, 3.63) is 220 Å². The topological polar surface area (TPSA) is 3.24 Å². The van der Waals surface area contributed by atoms with Gasteiger partial charge in [-0.1, -0.05) is 157 Å². The van der Waals surface area contributed by atoms with E-state index in [2.05, 4.69) is 209 Å². The van der Waals surface area contributed by atoms with Crippen LogP contribution in [0.5, 0.6) is 0 Å². The molecule has 230 valence electrons. The van der Waals surface area contributed by atoms with Crippen LogP contribution in [-0.4, -0.2) is 0 Å². The summed E-state index contributed by atoms with van der Waals surface area (Å²) in [5, 5.41) is 0. The zero-order valence-corrected chi connectivity index (χ0v) is 27.7. The van der Waals surface area contributed by atoms with Crippen LogP contribution >= 0.6 is 0 Å². The van der Waals surface area contributed by atoms with Gasteiger partial charge in [0.1, 0.15) is 0 Å². The summed E-state index contributed by atoms with van der Waals surface area (Å²) in [4.78, 5) is 2.32. The second-order valence-electron chi connectivity index (χ2n) is 12.2. The molecular weight excluding hydrogens is 567 g/mol. The van der Waals surface area contributed by atoms with Crippen molar-refractivity contribution in [3.8, 4) is 0 Å². The van der Waals surface area contributed by atoms with E-state index in [1.807, 2.05) is 0 Å². The van der Waals surface area contributed by atoms with E-state index >= 15 is 0 Å². The molecule has 0 bridgehead atoms. The molecule has 0 spiro atoms. The molecule has 1 nitrogen and oxygen atoms in total. The minimum atomic E-state index is 1.12. The fourth-order valence-corrected chi connectivity index (χ4v) is 5.83. The Kier molecular flexibility index (Phi) is 9.75. The highest BCUT2D eigenvalue weighted by molar-refractivity contribution is 5.85. The predicted octanol–water partition coefficient (Wildman–Crippen LogP) is 12.3. The van der Waals surface area contributed by atoms with Crippen molar-refractivity contribution in [2.24, 2.45) is 0 Å². The zero-order chi connectivity index (χ0) is 32.6. The molecule has 0 atom stereocenters. The van der Waals surface area contributed by atoms with Gasteiger partial charge in [0.2, 0.25) is 0 Å². The molecule has 0 saturated carbocycles. The second-order valence-corrected chi connectivity index (χ2v) is 12.2. The van der Waals surface area contributed by atoms with Crippen LogP contribution in [0.25, 0.3) is 17.2 Å². The van der Waals surface area contributed by atoms with E-state index in [1.54, 1.807) is 0 Å². The van der Waals surface area contributed by atoms with Gasteiger partial charge in [-0.3, -0.25) is 0 Å². The van der Waals surface area contributed by atoms with Gasteiger partial charge >= 0.3 is 0 Å². The molecule has 0 N–H and O–H groups in total. The number of hydrogen-bond acceptors (Lipinski definition) is 1. The molecule has 1 heteroatoms. The van der Waals surface area contributed by atoms with Crippen molar-refractivity contribution < 1.29 is 0 Å². The summed E-state index contributed by atoms with van der Waals surface area (Å²) in [6, 6.07) is 54.3. The maximum absolute atomic E-state index is 2.32. The third-order valence-corrected chi connectivity index (χ3v) is 8.50. The summed E-state index contributed by atoms with van der Waals surface area (Å²) >= 11 is 0. The Bertz CT molecular complexity index is 1940. The van der Waals surface area contributed by atoms with Crippen LogP contribution in [0.15, 0.2) is 170 Å². The van der Waals surface area contributed by atoms with Crippen LogP contribution in [0.1, 0.15) is 50.1 Å². The minimum absolute atomic E-state index is 1.12. The van der Waals surface area contributed by atoms with E-state index in [0.717, 1.165) is 11.4 Å². The van der Waals surface area contributed by atoms with Gasteiger partial charge in [-0.05, 0) is 96.5 Å². The van der Waals surface area contributed by atoms with Crippen LogP contribution in [0.3, 0.4) is 0 Å². The number of hydrogen-bond donors (Lipinski definition) is 0. The van der Waals surface area contributed by atoms with Gasteiger partial charge in [-0.2, -0.15) is 0 Å². The van der Waals surface area contributed by atoms with E-state index in [1.165, 1.54) is 61.2 Å². The third kappa shape index (κ3) is 7.77. The fraction of sp³-hybridized carbons (Fsp3) is 0.0870. The first-order chi connectivity index (χ1) is 22.9. The van der Waals surface area contributed by atoms with Crippen LogP contribution in [0, 0.1) is 27.7 Å². The first-order valence-corrected chi connectivity index (χ1v) is 16.3. The van der Waals surface area contributed by atoms with Crippen molar-refractivity contribution in [1.82, 2.24) is 0 Å². The smallest absolute Gasteiger partial charge is 0.0458 e. The maximum atomic E-state index is 2.32. The first kappa shape index (κ1) is 31.3. The number of aryl methyl sites for hydroxylation is 4. The molecule has 6 aromatic carbocycles. The van der Waals surface area contributed by atoms with Gasteiger partial charge in [-0.15, -0.1) is 0 Å². The quantitative estimate of drug-likeness (QED) is 0.148. The predicted molar refractivity (Wildman–Crippen MR) is 203 cm³/mol. The van der Waals surface area contributed by atoms with Crippen LogP contribution < -0.4 is 4.90 Å². The number of allylic oxidation sites excluding steroid dienone is 2. The second kappa shape index (κ2) is 14.6. The molecule has 0 unspecified atom stereocenters. The summed E-state index contributed by atoms with van der Waals surface area (Å²) in [5.74, 6) is 0. The molecule has 0 aliphatic heterocycles. The maximum Gasteiger partial charge on any atom is 0.0458 e. The molecule has 6 aromatic rings. The lowest BCUT2D eigenvalue weighted by molar-refractivity contribution is 1.25. The van der Waals surface area contributed by atoms with Crippen LogP contribution in [0.2, 0.25) is 0 Å². The van der Waals surface area contributed by atoms with Crippen LogP contribution in [-0.2, 0) is 0 Å². The van der Waals surface area contributed by atoms with E-state index < -0.39 is 0 Å². The lowest BCUT2D eigenvalue weighted by atomic mass is 9.95. The Balaban J connectivity index is 1.39. The monoisotopic (exact) mass is 607 g/mol. The molecule has 0 fully saturated rings. The molecule has 0 heterocycles. The van der Waals surface area contributed by atoms with Crippen molar-refractivity contribution in [1.29, 1.82) is 0 Å².